The van der Waals surface area contributed by atoms with Crippen LogP contribution in [0.25, 0.3) is 0 Å². The van der Waals surface area contributed by atoms with Crippen LogP contribution in [0.15, 0.2) is 35.4 Å². The molecule has 1 aromatic carbocycles. The molecule has 2 heterocycles. The number of fused-ring (bicyclic) bond motifs is 3. The second-order valence-electron chi connectivity index (χ2n) is 6.20. The predicted octanol–water partition coefficient (Wildman–Crippen LogP) is 3.60. The van der Waals surface area contributed by atoms with Crippen molar-refractivity contribution in [3.8, 4) is 11.5 Å². The molecule has 1 atom stereocenters. The van der Waals surface area contributed by atoms with Gasteiger partial charge in [0.25, 0.3) is 0 Å². The highest BCUT2D eigenvalue weighted by molar-refractivity contribution is 5.50. The van der Waals surface area contributed by atoms with Crippen molar-refractivity contribution in [1.29, 1.82) is 0 Å². The first-order valence-corrected chi connectivity index (χ1v) is 7.49. The number of ether oxygens (including phenoxy) is 1. The summed E-state index contributed by atoms with van der Waals surface area (Å²) in [7, 11) is 1.60. The smallest absolute Gasteiger partial charge is 0.160 e. The van der Waals surface area contributed by atoms with Crippen LogP contribution in [0, 0.1) is 0 Å². The number of hydrogen-bond donors (Lipinski definition) is 1. The highest BCUT2D eigenvalue weighted by Gasteiger charge is 2.32. The molecule has 3 nitrogen and oxygen atoms in total. The molecular weight excluding hydrogens is 262 g/mol. The minimum Gasteiger partial charge on any atom is -0.504 e. The van der Waals surface area contributed by atoms with E-state index in [-0.39, 0.29) is 5.75 Å². The zero-order valence-electron chi connectivity index (χ0n) is 13.1. The maximum Gasteiger partial charge on any atom is 0.160 e. The van der Waals surface area contributed by atoms with Gasteiger partial charge in [-0.1, -0.05) is 17.7 Å². The fourth-order valence-electron chi connectivity index (χ4n) is 3.61. The lowest BCUT2D eigenvalue weighted by Gasteiger charge is -2.42. The van der Waals surface area contributed by atoms with Crippen LogP contribution < -0.4 is 4.74 Å². The molecule has 0 aliphatic carbocycles. The number of rotatable bonds is 2. The molecular formula is C18H23NO2. The first-order valence-electron chi connectivity index (χ1n) is 7.49. The van der Waals surface area contributed by atoms with E-state index in [0.29, 0.717) is 11.8 Å². The van der Waals surface area contributed by atoms with Crippen molar-refractivity contribution in [3.63, 3.8) is 0 Å². The van der Waals surface area contributed by atoms with Crippen LogP contribution >= 0.6 is 0 Å². The van der Waals surface area contributed by atoms with Crippen LogP contribution in [0.1, 0.15) is 37.4 Å². The highest BCUT2D eigenvalue weighted by Crippen LogP contribution is 2.43. The van der Waals surface area contributed by atoms with E-state index in [2.05, 4.69) is 25.3 Å². The molecule has 0 spiro atoms. The molecule has 0 bridgehead atoms. The van der Waals surface area contributed by atoms with Gasteiger partial charge in [-0.2, -0.15) is 0 Å². The second kappa shape index (κ2) is 5.23. The summed E-state index contributed by atoms with van der Waals surface area (Å²) >= 11 is 0. The molecule has 112 valence electrons. The van der Waals surface area contributed by atoms with Crippen molar-refractivity contribution < 1.29 is 9.84 Å². The topological polar surface area (TPSA) is 32.7 Å². The fourth-order valence-corrected chi connectivity index (χ4v) is 3.61. The summed E-state index contributed by atoms with van der Waals surface area (Å²) in [5.41, 5.74) is 6.55. The third-order valence-corrected chi connectivity index (χ3v) is 4.80. The molecule has 0 radical (unpaired) electrons. The van der Waals surface area contributed by atoms with Gasteiger partial charge >= 0.3 is 0 Å². The van der Waals surface area contributed by atoms with Gasteiger partial charge in [0, 0.05) is 19.1 Å². The Balaban J connectivity index is 2.01. The highest BCUT2D eigenvalue weighted by atomic mass is 16.5. The summed E-state index contributed by atoms with van der Waals surface area (Å²) in [4.78, 5) is 2.51. The first-order chi connectivity index (χ1) is 10.0. The largest absolute Gasteiger partial charge is 0.504 e. The van der Waals surface area contributed by atoms with E-state index in [1.165, 1.54) is 27.8 Å². The summed E-state index contributed by atoms with van der Waals surface area (Å²) in [5.74, 6) is 0.818. The normalized spacial score (nSPS) is 21.8. The molecule has 0 saturated heterocycles. The van der Waals surface area contributed by atoms with Gasteiger partial charge in [0.2, 0.25) is 0 Å². The Kier molecular flexibility index (Phi) is 3.54. The molecule has 0 aromatic heterocycles. The van der Waals surface area contributed by atoms with Gasteiger partial charge in [0.05, 0.1) is 7.11 Å². The molecule has 1 N–H and O–H groups in total. The minimum absolute atomic E-state index is 0.241. The molecule has 2 aliphatic heterocycles. The lowest BCUT2D eigenvalue weighted by atomic mass is 9.83. The average Bonchev–Trinajstić information content (AvgIpc) is 2.45. The van der Waals surface area contributed by atoms with Gasteiger partial charge in [-0.15, -0.1) is 0 Å². The molecule has 3 rings (SSSR count). The van der Waals surface area contributed by atoms with Crippen molar-refractivity contribution in [2.75, 3.05) is 20.2 Å². The van der Waals surface area contributed by atoms with Gasteiger partial charge in [-0.05, 0) is 55.5 Å². The van der Waals surface area contributed by atoms with Crippen molar-refractivity contribution in [2.24, 2.45) is 0 Å². The number of benzene rings is 1. The van der Waals surface area contributed by atoms with E-state index in [0.717, 1.165) is 25.9 Å². The Morgan fingerprint density at radius 3 is 2.86 bits per heavy atom. The second-order valence-corrected chi connectivity index (χ2v) is 6.20. The maximum absolute atomic E-state index is 10.1. The molecule has 0 fully saturated rings. The third kappa shape index (κ3) is 2.36. The van der Waals surface area contributed by atoms with E-state index < -0.39 is 0 Å². The third-order valence-electron chi connectivity index (χ3n) is 4.80. The average molecular weight is 285 g/mol. The Hall–Kier alpha value is -1.74. The Labute approximate surface area is 126 Å². The molecule has 3 heteroatoms. The van der Waals surface area contributed by atoms with Gasteiger partial charge in [0.1, 0.15) is 0 Å². The van der Waals surface area contributed by atoms with Gasteiger partial charge < -0.3 is 9.84 Å². The van der Waals surface area contributed by atoms with Crippen molar-refractivity contribution in [1.82, 2.24) is 4.90 Å². The summed E-state index contributed by atoms with van der Waals surface area (Å²) in [6.07, 6.45) is 2.02. The van der Waals surface area contributed by atoms with Gasteiger partial charge in [-0.25, -0.2) is 0 Å². The summed E-state index contributed by atoms with van der Waals surface area (Å²) in [6.45, 7) is 10.4. The number of aromatic hydroxyl groups is 1. The zero-order chi connectivity index (χ0) is 15.1. The summed E-state index contributed by atoms with van der Waals surface area (Å²) in [5, 5.41) is 10.1. The number of phenols is 1. The summed E-state index contributed by atoms with van der Waals surface area (Å²) < 4.78 is 5.23. The van der Waals surface area contributed by atoms with E-state index in [1.54, 1.807) is 7.11 Å². The number of hydrogen-bond acceptors (Lipinski definition) is 3. The van der Waals surface area contributed by atoms with Crippen molar-refractivity contribution >= 4 is 0 Å². The lowest BCUT2D eigenvalue weighted by molar-refractivity contribution is 0.187. The molecule has 2 aliphatic rings. The Morgan fingerprint density at radius 2 is 2.19 bits per heavy atom. The number of phenolic OH excluding ortho intramolecular Hbond substituents is 1. The Morgan fingerprint density at radius 1 is 1.43 bits per heavy atom. The standard InChI is InChI=1S/C18H23NO2/c1-11(2)15-10-19-6-5-13-8-18(21-4)17(20)9-14(13)16(19)7-12(15)3/h8-9,16,20H,1,5-7,10H2,2-4H3/t16-/m0/s1. The maximum atomic E-state index is 10.1. The molecule has 0 unspecified atom stereocenters. The van der Waals surface area contributed by atoms with Crippen molar-refractivity contribution in [2.45, 2.75) is 32.7 Å². The van der Waals surface area contributed by atoms with Gasteiger partial charge in [0.15, 0.2) is 11.5 Å². The van der Waals surface area contributed by atoms with Crippen LogP contribution in [0.5, 0.6) is 11.5 Å². The quantitative estimate of drug-likeness (QED) is 0.901. The monoisotopic (exact) mass is 285 g/mol. The minimum atomic E-state index is 0.241. The van der Waals surface area contributed by atoms with E-state index in [4.69, 9.17) is 4.74 Å². The molecule has 21 heavy (non-hydrogen) atoms. The van der Waals surface area contributed by atoms with E-state index >= 15 is 0 Å². The predicted molar refractivity (Wildman–Crippen MR) is 84.8 cm³/mol. The summed E-state index contributed by atoms with van der Waals surface area (Å²) in [6, 6.07) is 4.26. The first kappa shape index (κ1) is 14.2. The zero-order valence-corrected chi connectivity index (χ0v) is 13.1. The number of methoxy groups -OCH3 is 1. The van der Waals surface area contributed by atoms with Crippen molar-refractivity contribution in [3.05, 3.63) is 46.6 Å². The Bertz CT molecular complexity index is 630. The van der Waals surface area contributed by atoms with Crippen LogP contribution in [0.3, 0.4) is 0 Å². The van der Waals surface area contributed by atoms with Crippen LogP contribution in [-0.2, 0) is 6.42 Å². The molecule has 1 aromatic rings. The fraction of sp³-hybridized carbons (Fsp3) is 0.444. The SMILES string of the molecule is C=C(C)C1=C(C)C[C@H]2c3cc(O)c(OC)cc3CCN2C1. The lowest BCUT2D eigenvalue weighted by Crippen LogP contribution is -2.39. The van der Waals surface area contributed by atoms with Crippen LogP contribution in [0.4, 0.5) is 0 Å². The van der Waals surface area contributed by atoms with Crippen LogP contribution in [-0.4, -0.2) is 30.2 Å². The van der Waals surface area contributed by atoms with E-state index in [9.17, 15) is 5.11 Å². The van der Waals surface area contributed by atoms with Gasteiger partial charge in [-0.3, -0.25) is 4.90 Å². The molecule has 0 saturated carbocycles. The molecule has 0 amide bonds. The van der Waals surface area contributed by atoms with E-state index in [1.807, 2.05) is 12.1 Å². The van der Waals surface area contributed by atoms with Crippen LogP contribution in [0.2, 0.25) is 0 Å². The number of nitrogens with zero attached hydrogens (tertiary/aromatic N) is 1.